The highest BCUT2D eigenvalue weighted by Crippen LogP contribution is 2.43. The lowest BCUT2D eigenvalue weighted by Gasteiger charge is -2.39. The van der Waals surface area contributed by atoms with Crippen molar-refractivity contribution in [2.24, 2.45) is 5.73 Å². The van der Waals surface area contributed by atoms with Crippen LogP contribution in [0.25, 0.3) is 28.0 Å². The zero-order valence-electron chi connectivity index (χ0n) is 19.7. The highest BCUT2D eigenvalue weighted by molar-refractivity contribution is 5.91. The number of nitriles is 1. The second-order valence-corrected chi connectivity index (χ2v) is 9.47. The van der Waals surface area contributed by atoms with E-state index in [1.807, 2.05) is 22.7 Å². The van der Waals surface area contributed by atoms with E-state index in [1.165, 1.54) is 19.2 Å². The predicted molar refractivity (Wildman–Crippen MR) is 133 cm³/mol. The molecule has 9 heteroatoms. The van der Waals surface area contributed by atoms with Crippen LogP contribution in [-0.4, -0.2) is 44.7 Å². The Balaban J connectivity index is 1.63. The molecule has 2 unspecified atom stereocenters. The van der Waals surface area contributed by atoms with Gasteiger partial charge >= 0.3 is 0 Å². The molecule has 0 spiro atoms. The van der Waals surface area contributed by atoms with Gasteiger partial charge in [0.15, 0.2) is 11.5 Å². The van der Waals surface area contributed by atoms with Crippen LogP contribution in [0.5, 0.6) is 11.5 Å². The molecule has 2 aliphatic heterocycles. The van der Waals surface area contributed by atoms with Crippen molar-refractivity contribution in [3.8, 4) is 40.0 Å². The van der Waals surface area contributed by atoms with Crippen molar-refractivity contribution in [2.45, 2.75) is 43.8 Å². The van der Waals surface area contributed by atoms with E-state index >= 15 is 0 Å². The van der Waals surface area contributed by atoms with Gasteiger partial charge in [0.05, 0.1) is 23.9 Å². The van der Waals surface area contributed by atoms with E-state index in [1.54, 1.807) is 24.4 Å². The average molecular weight is 485 g/mol. The van der Waals surface area contributed by atoms with E-state index in [0.29, 0.717) is 33.8 Å². The van der Waals surface area contributed by atoms with Crippen molar-refractivity contribution in [1.82, 2.24) is 14.4 Å². The molecule has 182 valence electrons. The van der Waals surface area contributed by atoms with E-state index in [9.17, 15) is 14.8 Å². The van der Waals surface area contributed by atoms with Crippen molar-refractivity contribution in [2.75, 3.05) is 12.0 Å². The number of nitrogens with zero attached hydrogens (tertiary/aromatic N) is 5. The molecule has 0 saturated carbocycles. The maximum atomic E-state index is 14.8. The fourth-order valence-electron chi connectivity index (χ4n) is 5.77. The van der Waals surface area contributed by atoms with Crippen LogP contribution in [-0.2, 0) is 0 Å². The molecular formula is C27H25FN6O2. The molecule has 3 N–H and O–H groups in total. The molecule has 0 aliphatic carbocycles. The second-order valence-electron chi connectivity index (χ2n) is 9.47. The summed E-state index contributed by atoms with van der Waals surface area (Å²) in [4.78, 5) is 12.1. The maximum Gasteiger partial charge on any atom is 0.212 e. The van der Waals surface area contributed by atoms with Gasteiger partial charge < -0.3 is 20.5 Å². The van der Waals surface area contributed by atoms with Crippen LogP contribution >= 0.6 is 0 Å². The summed E-state index contributed by atoms with van der Waals surface area (Å²) in [6.07, 6.45) is 7.47. The van der Waals surface area contributed by atoms with Gasteiger partial charge in [0.25, 0.3) is 0 Å². The molecule has 8 nitrogen and oxygen atoms in total. The van der Waals surface area contributed by atoms with E-state index in [2.05, 4.69) is 9.88 Å². The fourth-order valence-corrected chi connectivity index (χ4v) is 5.77. The van der Waals surface area contributed by atoms with Gasteiger partial charge in [0, 0.05) is 36.1 Å². The number of imidazole rings is 1. The number of hydrogen-bond donors (Lipinski definition) is 2. The number of halogens is 1. The Labute approximate surface area is 207 Å². The normalized spacial score (nSPS) is 21.1. The third-order valence-corrected chi connectivity index (χ3v) is 7.36. The molecule has 2 fully saturated rings. The fraction of sp³-hybridized carbons (Fsp3) is 0.296. The Hall–Kier alpha value is -4.16. The Bertz CT molecular complexity index is 1510. The molecule has 2 aromatic heterocycles. The highest BCUT2D eigenvalue weighted by atomic mass is 19.1. The van der Waals surface area contributed by atoms with Gasteiger partial charge in [-0.15, -0.1) is 0 Å². The second kappa shape index (κ2) is 8.50. The number of aromatic hydroxyl groups is 1. The van der Waals surface area contributed by atoms with Gasteiger partial charge in [-0.2, -0.15) is 5.26 Å². The lowest BCUT2D eigenvalue weighted by Crippen LogP contribution is -2.48. The van der Waals surface area contributed by atoms with Gasteiger partial charge in [-0.05, 0) is 55.5 Å². The van der Waals surface area contributed by atoms with Gasteiger partial charge in [0.1, 0.15) is 17.5 Å². The molecule has 36 heavy (non-hydrogen) atoms. The van der Waals surface area contributed by atoms with Crippen molar-refractivity contribution < 1.29 is 14.2 Å². The standard InChI is InChI=1S/C27H25FN6O2/c1-36-23-7-4-15(11-22(23)35)24-25(16-2-3-17(14-29)21(28)10-16)32-27(33-9-8-31-26(24)33)34-19-5-6-20(34)13-18(30)12-19/h2-4,7-11,18-20,35H,5-6,12-13,30H2,1H3. The molecule has 6 rings (SSSR count). The van der Waals surface area contributed by atoms with Crippen molar-refractivity contribution >= 4 is 11.6 Å². The van der Waals surface area contributed by atoms with E-state index in [0.717, 1.165) is 31.6 Å². The van der Waals surface area contributed by atoms with Gasteiger partial charge in [-0.25, -0.2) is 14.4 Å². The molecule has 0 radical (unpaired) electrons. The Morgan fingerprint density at radius 2 is 1.89 bits per heavy atom. The average Bonchev–Trinajstić information content (AvgIpc) is 3.46. The number of methoxy groups -OCH3 is 1. The smallest absolute Gasteiger partial charge is 0.212 e. The van der Waals surface area contributed by atoms with Crippen molar-refractivity contribution in [3.05, 3.63) is 60.2 Å². The number of piperidine rings is 1. The molecule has 2 aromatic carbocycles. The first-order valence-electron chi connectivity index (χ1n) is 12.0. The molecular weight excluding hydrogens is 459 g/mol. The summed E-state index contributed by atoms with van der Waals surface area (Å²) in [5.41, 5.74) is 9.27. The summed E-state index contributed by atoms with van der Waals surface area (Å²) in [7, 11) is 1.49. The van der Waals surface area contributed by atoms with Crippen LogP contribution in [0.3, 0.4) is 0 Å². The minimum absolute atomic E-state index is 0.0243. The summed E-state index contributed by atoms with van der Waals surface area (Å²) in [6, 6.07) is 12.2. The topological polar surface area (TPSA) is 113 Å². The first-order valence-corrected chi connectivity index (χ1v) is 12.0. The summed E-state index contributed by atoms with van der Waals surface area (Å²) in [5, 5.41) is 19.8. The minimum atomic E-state index is -0.617. The van der Waals surface area contributed by atoms with Crippen LogP contribution in [0, 0.1) is 17.1 Å². The monoisotopic (exact) mass is 484 g/mol. The number of hydrogen-bond acceptors (Lipinski definition) is 7. The molecule has 2 atom stereocenters. The largest absolute Gasteiger partial charge is 0.504 e. The van der Waals surface area contributed by atoms with E-state index in [4.69, 9.17) is 15.5 Å². The number of phenolic OH excluding ortho intramolecular Hbond substituents is 1. The summed E-state index contributed by atoms with van der Waals surface area (Å²) < 4.78 is 21.9. The number of nitrogens with two attached hydrogens (primary N) is 1. The zero-order valence-corrected chi connectivity index (χ0v) is 19.7. The molecule has 2 aliphatic rings. The quantitative estimate of drug-likeness (QED) is 0.445. The minimum Gasteiger partial charge on any atom is -0.504 e. The van der Waals surface area contributed by atoms with Gasteiger partial charge in [0.2, 0.25) is 5.95 Å². The van der Waals surface area contributed by atoms with Crippen LogP contribution in [0.15, 0.2) is 48.8 Å². The Morgan fingerprint density at radius 3 is 2.56 bits per heavy atom. The number of phenols is 1. The lowest BCUT2D eigenvalue weighted by molar-refractivity contribution is 0.373. The predicted octanol–water partition coefficient (Wildman–Crippen LogP) is 4.25. The molecule has 4 heterocycles. The van der Waals surface area contributed by atoms with Gasteiger partial charge in [-0.1, -0.05) is 12.1 Å². The molecule has 2 bridgehead atoms. The molecule has 2 saturated heterocycles. The summed E-state index contributed by atoms with van der Waals surface area (Å²) >= 11 is 0. The maximum absolute atomic E-state index is 14.8. The van der Waals surface area contributed by atoms with E-state index in [-0.39, 0.29) is 29.4 Å². The third-order valence-electron chi connectivity index (χ3n) is 7.36. The number of rotatable bonds is 4. The molecule has 0 amide bonds. The van der Waals surface area contributed by atoms with Crippen LogP contribution in [0.2, 0.25) is 0 Å². The first-order chi connectivity index (χ1) is 17.5. The number of benzene rings is 2. The zero-order chi connectivity index (χ0) is 25.0. The number of fused-ring (bicyclic) bond motifs is 3. The number of aromatic nitrogens is 3. The number of ether oxygens (including phenoxy) is 1. The van der Waals surface area contributed by atoms with Crippen molar-refractivity contribution in [1.29, 1.82) is 5.26 Å². The third kappa shape index (κ3) is 3.45. The summed E-state index contributed by atoms with van der Waals surface area (Å²) in [6.45, 7) is 0. The highest BCUT2D eigenvalue weighted by Gasteiger charge is 2.41. The first kappa shape index (κ1) is 22.3. The molecule has 4 aromatic rings. The SMILES string of the molecule is COc1ccc(-c2c(-c3ccc(C#N)c(F)c3)nc(N3C4CCC3CC(N)C4)n3ccnc23)cc1O. The van der Waals surface area contributed by atoms with Crippen LogP contribution < -0.4 is 15.4 Å². The Kier molecular flexibility index (Phi) is 5.27. The Morgan fingerprint density at radius 1 is 1.14 bits per heavy atom. The lowest BCUT2D eigenvalue weighted by atomic mass is 9.97. The van der Waals surface area contributed by atoms with Gasteiger partial charge in [-0.3, -0.25) is 4.40 Å². The van der Waals surface area contributed by atoms with Crippen LogP contribution in [0.4, 0.5) is 10.3 Å². The van der Waals surface area contributed by atoms with E-state index < -0.39 is 5.82 Å². The van der Waals surface area contributed by atoms with Crippen LogP contribution in [0.1, 0.15) is 31.2 Å². The van der Waals surface area contributed by atoms with Crippen molar-refractivity contribution in [3.63, 3.8) is 0 Å². The summed E-state index contributed by atoms with van der Waals surface area (Å²) in [5.74, 6) is 0.441. The number of anilines is 1.